The van der Waals surface area contributed by atoms with E-state index < -0.39 is 0 Å². The predicted octanol–water partition coefficient (Wildman–Crippen LogP) is 12.6. The van der Waals surface area contributed by atoms with Crippen LogP contribution in [-0.2, 0) is 11.8 Å². The molecule has 2 heterocycles. The smallest absolute Gasteiger partial charge is 0.164 e. The second-order valence-electron chi connectivity index (χ2n) is 14.8. The molecular formula is C50H35N3O. The van der Waals surface area contributed by atoms with Crippen molar-refractivity contribution in [3.8, 4) is 67.5 Å². The lowest BCUT2D eigenvalue weighted by molar-refractivity contribution is 0.591. The van der Waals surface area contributed by atoms with E-state index in [9.17, 15) is 0 Å². The number of fused-ring (bicyclic) bond motifs is 6. The van der Waals surface area contributed by atoms with Crippen molar-refractivity contribution in [2.75, 3.05) is 0 Å². The molecule has 4 nitrogen and oxygen atoms in total. The van der Waals surface area contributed by atoms with Crippen LogP contribution in [0.3, 0.4) is 0 Å². The lowest BCUT2D eigenvalue weighted by Gasteiger charge is -2.31. The summed E-state index contributed by atoms with van der Waals surface area (Å²) < 4.78 is 6.70. The van der Waals surface area contributed by atoms with Crippen molar-refractivity contribution in [3.63, 3.8) is 0 Å². The molecule has 4 heteroatoms. The van der Waals surface area contributed by atoms with Crippen LogP contribution >= 0.6 is 0 Å². The zero-order valence-corrected chi connectivity index (χ0v) is 29.9. The number of hydrogen-bond donors (Lipinski definition) is 0. The van der Waals surface area contributed by atoms with Gasteiger partial charge in [-0.15, -0.1) is 0 Å². The van der Waals surface area contributed by atoms with Gasteiger partial charge in [0, 0.05) is 33.1 Å². The van der Waals surface area contributed by atoms with Crippen molar-refractivity contribution in [2.45, 2.75) is 31.6 Å². The van der Waals surface area contributed by atoms with Gasteiger partial charge in [-0.3, -0.25) is 0 Å². The highest BCUT2D eigenvalue weighted by Crippen LogP contribution is 2.56. The summed E-state index contributed by atoms with van der Waals surface area (Å²) in [4.78, 5) is 15.6. The third-order valence-electron chi connectivity index (χ3n) is 11.6. The normalized spacial score (nSPS) is 16.3. The topological polar surface area (TPSA) is 51.8 Å². The van der Waals surface area contributed by atoms with Crippen LogP contribution in [0.4, 0.5) is 0 Å². The number of hydrogen-bond acceptors (Lipinski definition) is 4. The minimum atomic E-state index is -0.0721. The van der Waals surface area contributed by atoms with Gasteiger partial charge in [-0.2, -0.15) is 0 Å². The molecule has 256 valence electrons. The summed E-state index contributed by atoms with van der Waals surface area (Å²) >= 11 is 0. The first-order valence-corrected chi connectivity index (χ1v) is 18.8. The predicted molar refractivity (Wildman–Crippen MR) is 220 cm³/mol. The van der Waals surface area contributed by atoms with Crippen molar-refractivity contribution in [1.29, 1.82) is 0 Å². The Morgan fingerprint density at radius 2 is 1.19 bits per heavy atom. The summed E-state index contributed by atoms with van der Waals surface area (Å²) in [6, 6.07) is 47.2. The van der Waals surface area contributed by atoms with Gasteiger partial charge in [0.2, 0.25) is 0 Å². The van der Waals surface area contributed by atoms with E-state index in [0.717, 1.165) is 63.8 Å². The van der Waals surface area contributed by atoms with E-state index in [1.807, 2.05) is 24.3 Å². The van der Waals surface area contributed by atoms with Gasteiger partial charge in [0.25, 0.3) is 0 Å². The van der Waals surface area contributed by atoms with Crippen LogP contribution in [0.15, 0.2) is 150 Å². The molecule has 0 spiro atoms. The molecule has 0 N–H and O–H groups in total. The molecule has 0 aliphatic heterocycles. The minimum Gasteiger partial charge on any atom is -0.456 e. The lowest BCUT2D eigenvalue weighted by Crippen LogP contribution is -2.23. The van der Waals surface area contributed by atoms with E-state index in [1.54, 1.807) is 0 Å². The second kappa shape index (κ2) is 11.9. The van der Waals surface area contributed by atoms with Crippen LogP contribution in [0.1, 0.15) is 47.8 Å². The highest BCUT2D eigenvalue weighted by atomic mass is 16.3. The van der Waals surface area contributed by atoms with Gasteiger partial charge in [-0.1, -0.05) is 146 Å². The summed E-state index contributed by atoms with van der Waals surface area (Å²) in [7, 11) is 0. The lowest BCUT2D eigenvalue weighted by atomic mass is 9.71. The average molecular weight is 694 g/mol. The first-order valence-electron chi connectivity index (χ1n) is 18.8. The van der Waals surface area contributed by atoms with Crippen LogP contribution in [0.2, 0.25) is 0 Å². The third kappa shape index (κ3) is 4.73. The van der Waals surface area contributed by atoms with E-state index in [1.165, 1.54) is 44.5 Å². The maximum Gasteiger partial charge on any atom is 0.164 e. The van der Waals surface area contributed by atoms with Gasteiger partial charge in [0.1, 0.15) is 11.3 Å². The molecular weight excluding hydrogens is 659 g/mol. The van der Waals surface area contributed by atoms with Gasteiger partial charge in [-0.05, 0) is 87.5 Å². The number of furan rings is 1. The number of allylic oxidation sites excluding steroid dienone is 2. The van der Waals surface area contributed by atoms with Gasteiger partial charge < -0.3 is 4.42 Å². The molecule has 11 rings (SSSR count). The zero-order chi connectivity index (χ0) is 35.8. The quantitative estimate of drug-likeness (QED) is 0.180. The molecule has 8 aromatic rings. The third-order valence-corrected chi connectivity index (χ3v) is 11.6. The first kappa shape index (κ1) is 30.9. The largest absolute Gasteiger partial charge is 0.456 e. The molecule has 0 bridgehead atoms. The fourth-order valence-corrected chi connectivity index (χ4v) is 9.05. The Kier molecular flexibility index (Phi) is 6.84. The fraction of sp³-hybridized carbons (Fsp3) is 0.100. The Morgan fingerprint density at radius 3 is 1.98 bits per heavy atom. The van der Waals surface area contributed by atoms with Crippen LogP contribution in [0.25, 0.3) is 90.7 Å². The Balaban J connectivity index is 1.14. The minimum absolute atomic E-state index is 0.0721. The summed E-state index contributed by atoms with van der Waals surface area (Å²) in [6.07, 6.45) is 11.8. The van der Waals surface area contributed by atoms with E-state index in [0.29, 0.717) is 17.5 Å². The van der Waals surface area contributed by atoms with Gasteiger partial charge >= 0.3 is 0 Å². The van der Waals surface area contributed by atoms with E-state index in [2.05, 4.69) is 140 Å². The van der Waals surface area contributed by atoms with Crippen molar-refractivity contribution < 1.29 is 4.42 Å². The van der Waals surface area contributed by atoms with Crippen LogP contribution in [-0.4, -0.2) is 15.0 Å². The Morgan fingerprint density at radius 1 is 0.537 bits per heavy atom. The number of aromatic nitrogens is 3. The highest BCUT2D eigenvalue weighted by Gasteiger charge is 2.42. The molecule has 2 aromatic heterocycles. The van der Waals surface area contributed by atoms with Crippen molar-refractivity contribution >= 4 is 23.1 Å². The van der Waals surface area contributed by atoms with Gasteiger partial charge in [0.15, 0.2) is 17.5 Å². The highest BCUT2D eigenvalue weighted by molar-refractivity contribution is 6.02. The monoisotopic (exact) mass is 693 g/mol. The molecule has 1 unspecified atom stereocenters. The van der Waals surface area contributed by atoms with Gasteiger partial charge in [0.05, 0.1) is 0 Å². The fourth-order valence-electron chi connectivity index (χ4n) is 9.05. The molecule has 0 saturated carbocycles. The zero-order valence-electron chi connectivity index (χ0n) is 29.9. The molecule has 54 heavy (non-hydrogen) atoms. The maximum absolute atomic E-state index is 6.70. The average Bonchev–Trinajstić information content (AvgIpc) is 3.74. The molecule has 3 aliphatic carbocycles. The van der Waals surface area contributed by atoms with Crippen LogP contribution < -0.4 is 0 Å². The number of nitrogens with zero attached hydrogens (tertiary/aromatic N) is 3. The summed E-state index contributed by atoms with van der Waals surface area (Å²) in [5.74, 6) is 2.83. The number of aryl methyl sites for hydroxylation is 1. The SMILES string of the molecule is CC12CC=Cc3c(-c4cc(-c5nc(-c6ccccc6)nc(-c6ccc(-c7ccccc7)cc6)n5)c5c6c(oc5c4)C=CCC6)ccc(c31)-c1ccccc12. The van der Waals surface area contributed by atoms with Crippen molar-refractivity contribution in [1.82, 2.24) is 15.0 Å². The first-order chi connectivity index (χ1) is 26.6. The summed E-state index contributed by atoms with van der Waals surface area (Å²) in [5, 5.41) is 1.08. The summed E-state index contributed by atoms with van der Waals surface area (Å²) in [6.45, 7) is 2.40. The number of benzene rings is 6. The van der Waals surface area contributed by atoms with Crippen LogP contribution in [0, 0.1) is 0 Å². The molecule has 0 saturated heterocycles. The second-order valence-corrected chi connectivity index (χ2v) is 14.8. The van der Waals surface area contributed by atoms with Gasteiger partial charge in [-0.25, -0.2) is 15.0 Å². The van der Waals surface area contributed by atoms with Crippen LogP contribution in [0.5, 0.6) is 0 Å². The van der Waals surface area contributed by atoms with E-state index >= 15 is 0 Å². The molecule has 0 fully saturated rings. The summed E-state index contributed by atoms with van der Waals surface area (Å²) in [5.41, 5.74) is 16.2. The molecule has 1 atom stereocenters. The molecule has 0 amide bonds. The molecule has 6 aromatic carbocycles. The molecule has 3 aliphatic rings. The van der Waals surface area contributed by atoms with E-state index in [-0.39, 0.29) is 5.41 Å². The van der Waals surface area contributed by atoms with E-state index in [4.69, 9.17) is 19.4 Å². The van der Waals surface area contributed by atoms with Crippen molar-refractivity contribution in [3.05, 3.63) is 174 Å². The Labute approximate surface area is 314 Å². The molecule has 0 radical (unpaired) electrons. The van der Waals surface area contributed by atoms with Crippen molar-refractivity contribution in [2.24, 2.45) is 0 Å². The standard InChI is InChI=1S/C50H35N3O/c1-50-28-12-19-38-36(26-27-39(46(38)50)37-17-8-10-20-42(37)50)35-29-41(45-40-18-9-11-21-43(40)54-44(45)30-35)49-52-47(33-15-6-3-7-16-33)51-48(53-49)34-24-22-32(23-25-34)31-13-4-2-5-14-31/h2-8,10-17,19-27,29-30H,9,18,28H2,1H3. The maximum atomic E-state index is 6.70. The Bertz CT molecular complexity index is 2850. The Hall–Kier alpha value is -6.65. The number of rotatable bonds is 5.